The summed E-state index contributed by atoms with van der Waals surface area (Å²) >= 11 is 6.13. The van der Waals surface area contributed by atoms with E-state index in [2.05, 4.69) is 16.0 Å². The summed E-state index contributed by atoms with van der Waals surface area (Å²) < 4.78 is 52.9. The second-order valence-corrected chi connectivity index (χ2v) is 28.4. The number of carbonyl (C=O) groups is 12. The van der Waals surface area contributed by atoms with Crippen LogP contribution < -0.4 is 16.0 Å². The Morgan fingerprint density at radius 1 is 0.697 bits per heavy atom. The smallest absolute Gasteiger partial charge is 0.379 e. The molecule has 1 aliphatic carbocycles. The molecule has 5 aliphatic rings. The highest BCUT2D eigenvalue weighted by Crippen LogP contribution is 2.37. The quantitative estimate of drug-likeness (QED) is 0.224. The number of aryl methyl sites for hydroxylation is 1. The standard InChI is InChI=1S/C69H106ClF3N12O14/c1-15-33-99-40-53-62(92)77(9)39-54(86)74-48(25-23-45-22-24-46(47(70)37-45)69(71,72)73)61(91)84-29-20-21-49(84)59(89)76-68(27-18-19-28-68)67(97)82(14)57(43(7)17-3)66(96)80(12)52(64(94)83-31-34-98-35-32-83)38-55(87)79(11)51(36-41(4)5)58(88)75-56(42(6)16-2)65(95)78(10)44(8)60(90)85-30-26-50(85)63(93)81(53)13/h22,24,37,41-44,48-53,56-57H,15-21,23,25-36,38-40H2,1-14H3,(H,74,86)(H,75,88)(H,76,89)/t42-,43-,44-,48-,49-,50-,51-,52-,53-,56-,57-/m0/s1. The number of benzene rings is 1. The van der Waals surface area contributed by atoms with Crippen LogP contribution >= 0.6 is 11.6 Å². The number of carbonyl (C=O) groups excluding carboxylic acids is 12. The van der Waals surface area contributed by atoms with Gasteiger partial charge in [0.2, 0.25) is 70.9 Å². The molecular formula is C69H106ClF3N12O14. The van der Waals surface area contributed by atoms with Gasteiger partial charge in [-0.1, -0.05) is 91.8 Å². The van der Waals surface area contributed by atoms with Crippen LogP contribution in [0.1, 0.15) is 150 Å². The number of amides is 12. The molecule has 6 rings (SSSR count). The molecule has 5 fully saturated rings. The molecule has 12 amide bonds. The van der Waals surface area contributed by atoms with Gasteiger partial charge in [0.05, 0.1) is 43.4 Å². The Balaban J connectivity index is 1.44. The molecule has 0 unspecified atom stereocenters. The molecule has 0 aromatic heterocycles. The highest BCUT2D eigenvalue weighted by Gasteiger charge is 2.52. The van der Waals surface area contributed by atoms with Crippen molar-refractivity contribution in [2.75, 3.05) is 101 Å². The van der Waals surface area contributed by atoms with E-state index in [9.17, 15) is 46.7 Å². The van der Waals surface area contributed by atoms with Crippen molar-refractivity contribution in [1.82, 2.24) is 60.0 Å². The van der Waals surface area contributed by atoms with E-state index in [1.807, 2.05) is 34.6 Å². The molecule has 3 N–H and O–H groups in total. The fourth-order valence-corrected chi connectivity index (χ4v) is 14.1. The Kier molecular flexibility index (Phi) is 28.9. The number of nitrogens with zero attached hydrogens (tertiary/aromatic N) is 9. The largest absolute Gasteiger partial charge is 0.417 e. The van der Waals surface area contributed by atoms with Crippen molar-refractivity contribution >= 4 is 82.5 Å². The number of hydrogen-bond acceptors (Lipinski definition) is 14. The number of hydrogen-bond donors (Lipinski definition) is 3. The fraction of sp³-hybridized carbons (Fsp3) is 0.739. The fourth-order valence-electron chi connectivity index (χ4n) is 13.8. The maximum atomic E-state index is 15.5. The molecule has 30 heteroatoms. The van der Waals surface area contributed by atoms with Gasteiger partial charge in [-0.15, -0.1) is 0 Å². The van der Waals surface area contributed by atoms with Gasteiger partial charge in [-0.3, -0.25) is 57.5 Å². The Morgan fingerprint density at radius 3 is 1.91 bits per heavy atom. The molecule has 11 atom stereocenters. The molecule has 1 spiro atoms. The summed E-state index contributed by atoms with van der Waals surface area (Å²) in [6.45, 7) is 14.1. The van der Waals surface area contributed by atoms with Crippen molar-refractivity contribution in [3.63, 3.8) is 0 Å². The lowest BCUT2D eigenvalue weighted by Crippen LogP contribution is -2.65. The van der Waals surface area contributed by atoms with Crippen molar-refractivity contribution in [2.24, 2.45) is 17.8 Å². The van der Waals surface area contributed by atoms with Crippen LogP contribution in [0, 0.1) is 17.8 Å². The SMILES string of the molecule is CCCOC[C@H]1C(=O)N(C)CC(=O)N[C@@H](CCc2ccc(C(F)(F)F)c(Cl)c2)C(=O)N2CCC[C@H]2C(=O)NC2(CCCC2)C(=O)N(C)[C@@H]([C@@H](C)CC)C(=O)N(C)[C@H](C(=O)N2CCOCC2)CC(=O)N(C)[C@@H](CC(C)C)C(=O)N[C@@H]([C@@H](C)CC)C(=O)N(C)[C@@H](C)C(=O)N2CC[C@H]2C(=O)N1C. The second-order valence-electron chi connectivity index (χ2n) is 28.0. The molecule has 26 nitrogen and oxygen atoms in total. The monoisotopic (exact) mass is 1420 g/mol. The Bertz CT molecular complexity index is 3100. The minimum Gasteiger partial charge on any atom is -0.379 e. The third-order valence-electron chi connectivity index (χ3n) is 20.7. The second kappa shape index (κ2) is 35.5. The van der Waals surface area contributed by atoms with Gasteiger partial charge in [-0.25, -0.2) is 0 Å². The lowest BCUT2D eigenvalue weighted by atomic mass is 9.90. The average Bonchev–Trinajstić information content (AvgIpc) is 0.916. The third-order valence-corrected chi connectivity index (χ3v) is 21.0. The van der Waals surface area contributed by atoms with E-state index in [0.29, 0.717) is 38.5 Å². The summed E-state index contributed by atoms with van der Waals surface area (Å²) in [7, 11) is 8.31. The summed E-state index contributed by atoms with van der Waals surface area (Å²) in [5.41, 5.74) is -2.42. The first-order valence-electron chi connectivity index (χ1n) is 35.0. The molecule has 4 heterocycles. The lowest BCUT2D eigenvalue weighted by molar-refractivity contribution is -0.161. The molecule has 4 saturated heterocycles. The number of nitrogens with one attached hydrogen (secondary N) is 3. The predicted octanol–water partition coefficient (Wildman–Crippen LogP) is 3.72. The van der Waals surface area contributed by atoms with Crippen molar-refractivity contribution in [1.29, 1.82) is 0 Å². The van der Waals surface area contributed by atoms with Crippen LogP contribution in [0.15, 0.2) is 18.2 Å². The number of likely N-dealkylation sites (N-methyl/N-ethyl adjacent to an activating group) is 6. The molecule has 1 aromatic carbocycles. The Hall–Kier alpha value is -7.14. The predicted molar refractivity (Wildman–Crippen MR) is 360 cm³/mol. The molecule has 0 bridgehead atoms. The van der Waals surface area contributed by atoms with Crippen molar-refractivity contribution in [3.8, 4) is 0 Å². The molecule has 99 heavy (non-hydrogen) atoms. The maximum Gasteiger partial charge on any atom is 0.417 e. The summed E-state index contributed by atoms with van der Waals surface area (Å²) in [5, 5.41) is 8.04. The molecule has 1 saturated carbocycles. The first-order valence-corrected chi connectivity index (χ1v) is 35.4. The summed E-state index contributed by atoms with van der Waals surface area (Å²) in [6.07, 6.45) is -2.50. The van der Waals surface area contributed by atoms with Gasteiger partial charge in [0.15, 0.2) is 0 Å². The molecule has 0 radical (unpaired) electrons. The average molecular weight is 1420 g/mol. The van der Waals surface area contributed by atoms with Crippen LogP contribution in [0.3, 0.4) is 0 Å². The Morgan fingerprint density at radius 2 is 1.33 bits per heavy atom. The minimum atomic E-state index is -4.77. The van der Waals surface area contributed by atoms with Crippen molar-refractivity contribution in [3.05, 3.63) is 34.3 Å². The van der Waals surface area contributed by atoms with E-state index < -0.39 is 172 Å². The number of alkyl halides is 3. The molecular weight excluding hydrogens is 1310 g/mol. The van der Waals surface area contributed by atoms with Gasteiger partial charge < -0.3 is 69.5 Å². The normalized spacial score (nSPS) is 27.1. The zero-order valence-electron chi connectivity index (χ0n) is 60.2. The zero-order chi connectivity index (χ0) is 73.7. The molecule has 1 aromatic rings. The van der Waals surface area contributed by atoms with Crippen LogP contribution in [-0.4, -0.2) is 276 Å². The highest BCUT2D eigenvalue weighted by atomic mass is 35.5. The van der Waals surface area contributed by atoms with Gasteiger partial charge in [-0.05, 0) is 100 Å². The minimum absolute atomic E-state index is 0.00996. The van der Waals surface area contributed by atoms with Gasteiger partial charge in [0, 0.05) is 75.1 Å². The van der Waals surface area contributed by atoms with E-state index in [4.69, 9.17) is 21.1 Å². The van der Waals surface area contributed by atoms with Crippen molar-refractivity contribution < 1.29 is 80.2 Å². The van der Waals surface area contributed by atoms with E-state index in [0.717, 1.165) is 21.9 Å². The van der Waals surface area contributed by atoms with E-state index in [-0.39, 0.29) is 109 Å². The van der Waals surface area contributed by atoms with Gasteiger partial charge in [0.25, 0.3) is 0 Å². The molecule has 4 aliphatic heterocycles. The van der Waals surface area contributed by atoms with Crippen LogP contribution in [0.25, 0.3) is 0 Å². The highest BCUT2D eigenvalue weighted by molar-refractivity contribution is 6.31. The van der Waals surface area contributed by atoms with Gasteiger partial charge in [-0.2, -0.15) is 13.2 Å². The van der Waals surface area contributed by atoms with Gasteiger partial charge >= 0.3 is 6.18 Å². The van der Waals surface area contributed by atoms with Crippen molar-refractivity contribution in [2.45, 2.75) is 211 Å². The first-order chi connectivity index (χ1) is 46.6. The number of morpholine rings is 1. The number of ether oxygens (including phenoxy) is 2. The number of fused-ring (bicyclic) bond motifs is 2. The van der Waals surface area contributed by atoms with E-state index >= 15 is 24.0 Å². The topological polar surface area (TPSA) is 289 Å². The van der Waals surface area contributed by atoms with Crippen LogP contribution in [0.5, 0.6) is 0 Å². The zero-order valence-corrected chi connectivity index (χ0v) is 60.9. The number of halogens is 4. The van der Waals surface area contributed by atoms with Crippen LogP contribution in [0.4, 0.5) is 13.2 Å². The summed E-state index contributed by atoms with van der Waals surface area (Å²) in [6, 6.07) is -8.44. The van der Waals surface area contributed by atoms with Gasteiger partial charge in [0.1, 0.15) is 59.9 Å². The molecule has 554 valence electrons. The number of rotatable bonds is 14. The van der Waals surface area contributed by atoms with Crippen LogP contribution in [-0.2, 0) is 79.6 Å². The summed E-state index contributed by atoms with van der Waals surface area (Å²) in [5.74, 6) is -9.58. The summed E-state index contributed by atoms with van der Waals surface area (Å²) in [4.78, 5) is 190. The third kappa shape index (κ3) is 19.3. The first kappa shape index (κ1) is 80.8. The Labute approximate surface area is 585 Å². The van der Waals surface area contributed by atoms with E-state index in [1.165, 1.54) is 89.6 Å². The van der Waals surface area contributed by atoms with Crippen LogP contribution in [0.2, 0.25) is 5.02 Å². The lowest BCUT2D eigenvalue weighted by Gasteiger charge is -2.45. The van der Waals surface area contributed by atoms with E-state index in [1.54, 1.807) is 13.8 Å². The maximum absolute atomic E-state index is 15.5.